The Balaban J connectivity index is 1.86. The van der Waals surface area contributed by atoms with Gasteiger partial charge in [-0.1, -0.05) is 0 Å². The number of likely N-dealkylation sites (N-methyl/N-ethyl adjacent to an activating group) is 1. The Hall–Kier alpha value is -3.41. The molecule has 1 fully saturated rings. The standard InChI is InChI=1S/C28H36N2O9/c1-11-21(32)18-17(27(39-8)24(11)36-5)15(10-31)30-20(22(18)33)19-16-13(9-14(28(30)34)29(19)3)23(35-4)12(2)25(37-6)26(16)38-7/h14-15,19-20,22,31-33H,9-10H2,1-8H3/t14-,15-,19?,20?,22?/m0/s1. The lowest BCUT2D eigenvalue weighted by Crippen LogP contribution is -2.67. The molecule has 0 spiro atoms. The molecule has 212 valence electrons. The predicted molar refractivity (Wildman–Crippen MR) is 140 cm³/mol. The number of hydrogen-bond acceptors (Lipinski definition) is 10. The maximum atomic E-state index is 14.2. The molecule has 1 saturated heterocycles. The SMILES string of the molecule is COc1c(C)c(OC)c(OC)c2c1C[C@H]1C(=O)N3C(C(O)c4c(O)c(C)c(OC)c(OC)c4[C@@H]3CO)C2N1C. The van der Waals surface area contributed by atoms with Gasteiger partial charge in [-0.05, 0) is 20.9 Å². The van der Waals surface area contributed by atoms with Crippen molar-refractivity contribution in [2.75, 3.05) is 49.2 Å². The molecule has 0 aromatic heterocycles. The number of carbonyl (C=O) groups is 1. The van der Waals surface area contributed by atoms with Gasteiger partial charge < -0.3 is 43.9 Å². The number of rotatable bonds is 6. The van der Waals surface area contributed by atoms with E-state index in [0.717, 1.165) is 16.7 Å². The number of benzene rings is 2. The van der Waals surface area contributed by atoms with Crippen LogP contribution in [0, 0.1) is 13.8 Å². The van der Waals surface area contributed by atoms with Crippen molar-refractivity contribution in [2.24, 2.45) is 0 Å². The van der Waals surface area contributed by atoms with Crippen molar-refractivity contribution in [3.05, 3.63) is 33.4 Å². The van der Waals surface area contributed by atoms with Crippen LogP contribution in [0.2, 0.25) is 0 Å². The van der Waals surface area contributed by atoms with Gasteiger partial charge in [0.25, 0.3) is 0 Å². The van der Waals surface area contributed by atoms with Crippen LogP contribution in [0.25, 0.3) is 0 Å². The number of aliphatic hydroxyl groups excluding tert-OH is 2. The van der Waals surface area contributed by atoms with Crippen LogP contribution in [0.4, 0.5) is 0 Å². The topological polar surface area (TPSA) is 130 Å². The van der Waals surface area contributed by atoms with Crippen molar-refractivity contribution in [2.45, 2.75) is 50.5 Å². The quantitative estimate of drug-likeness (QED) is 0.496. The highest BCUT2D eigenvalue weighted by Gasteiger charge is 2.59. The largest absolute Gasteiger partial charge is 0.507 e. The van der Waals surface area contributed by atoms with E-state index in [1.807, 2.05) is 18.9 Å². The van der Waals surface area contributed by atoms with E-state index in [4.69, 9.17) is 23.7 Å². The van der Waals surface area contributed by atoms with E-state index >= 15 is 0 Å². The van der Waals surface area contributed by atoms with E-state index in [2.05, 4.69) is 0 Å². The third kappa shape index (κ3) is 3.36. The first-order valence-electron chi connectivity index (χ1n) is 12.8. The Bertz CT molecular complexity index is 1340. The second-order valence-electron chi connectivity index (χ2n) is 10.2. The molecule has 3 heterocycles. The Morgan fingerprint density at radius 2 is 1.36 bits per heavy atom. The van der Waals surface area contributed by atoms with Crippen LogP contribution < -0.4 is 23.7 Å². The van der Waals surface area contributed by atoms with Gasteiger partial charge in [0.05, 0.1) is 66.3 Å². The molecule has 2 aromatic rings. The zero-order chi connectivity index (χ0) is 28.5. The van der Waals surface area contributed by atoms with E-state index in [1.165, 1.54) is 14.2 Å². The molecule has 3 unspecified atom stereocenters. The summed E-state index contributed by atoms with van der Waals surface area (Å²) in [5, 5.41) is 34.1. The molecule has 0 saturated carbocycles. The Kier molecular flexibility index (Phi) is 6.72. The molecular formula is C28H36N2O9. The summed E-state index contributed by atoms with van der Waals surface area (Å²) in [6.07, 6.45) is -1.01. The Morgan fingerprint density at radius 3 is 1.90 bits per heavy atom. The zero-order valence-electron chi connectivity index (χ0n) is 23.5. The molecule has 11 nitrogen and oxygen atoms in total. The number of phenolic OH excluding ortho intramolecular Hbond substituents is 1. The van der Waals surface area contributed by atoms with Crippen molar-refractivity contribution in [3.8, 4) is 34.5 Å². The first-order chi connectivity index (χ1) is 18.6. The minimum atomic E-state index is -1.34. The number of piperazine rings is 1. The number of methoxy groups -OCH3 is 5. The van der Waals surface area contributed by atoms with Crippen LogP contribution in [0.3, 0.4) is 0 Å². The molecule has 1 amide bonds. The van der Waals surface area contributed by atoms with Gasteiger partial charge in [-0.15, -0.1) is 0 Å². The molecule has 5 rings (SSSR count). The molecule has 0 aliphatic carbocycles. The minimum Gasteiger partial charge on any atom is -0.507 e. The van der Waals surface area contributed by atoms with Crippen LogP contribution in [-0.4, -0.2) is 92.3 Å². The molecule has 2 bridgehead atoms. The number of ether oxygens (including phenoxy) is 5. The van der Waals surface area contributed by atoms with Gasteiger partial charge >= 0.3 is 0 Å². The monoisotopic (exact) mass is 544 g/mol. The number of aromatic hydroxyl groups is 1. The van der Waals surface area contributed by atoms with Gasteiger partial charge in [-0.2, -0.15) is 0 Å². The fraction of sp³-hybridized carbons (Fsp3) is 0.536. The highest BCUT2D eigenvalue weighted by Crippen LogP contribution is 2.60. The lowest BCUT2D eigenvalue weighted by molar-refractivity contribution is -0.168. The average Bonchev–Trinajstić information content (AvgIpc) is 2.92. The van der Waals surface area contributed by atoms with Gasteiger partial charge in [0, 0.05) is 39.8 Å². The minimum absolute atomic E-state index is 0.174. The summed E-state index contributed by atoms with van der Waals surface area (Å²) in [6, 6.07) is -2.98. The van der Waals surface area contributed by atoms with Gasteiger partial charge in [-0.3, -0.25) is 9.69 Å². The van der Waals surface area contributed by atoms with Gasteiger partial charge in [0.2, 0.25) is 5.91 Å². The molecular weight excluding hydrogens is 508 g/mol. The van der Waals surface area contributed by atoms with Crippen molar-refractivity contribution in [1.82, 2.24) is 9.80 Å². The highest BCUT2D eigenvalue weighted by atomic mass is 16.5. The Morgan fingerprint density at radius 1 is 0.821 bits per heavy atom. The maximum absolute atomic E-state index is 14.2. The van der Waals surface area contributed by atoms with E-state index < -0.39 is 36.9 Å². The number of hydrogen-bond donors (Lipinski definition) is 3. The molecule has 3 aliphatic rings. The second kappa shape index (κ2) is 9.65. The van der Waals surface area contributed by atoms with Crippen molar-refractivity contribution < 1.29 is 43.8 Å². The highest BCUT2D eigenvalue weighted by molar-refractivity contribution is 5.87. The van der Waals surface area contributed by atoms with E-state index in [0.29, 0.717) is 34.8 Å². The summed E-state index contributed by atoms with van der Waals surface area (Å²) < 4.78 is 28.7. The van der Waals surface area contributed by atoms with E-state index in [1.54, 1.807) is 33.2 Å². The van der Waals surface area contributed by atoms with E-state index in [-0.39, 0.29) is 28.7 Å². The van der Waals surface area contributed by atoms with Gasteiger partial charge in [-0.25, -0.2) is 0 Å². The van der Waals surface area contributed by atoms with Crippen LogP contribution in [-0.2, 0) is 11.2 Å². The number of carbonyl (C=O) groups excluding carboxylic acids is 1. The fourth-order valence-corrected chi connectivity index (χ4v) is 7.11. The summed E-state index contributed by atoms with van der Waals surface area (Å²) in [4.78, 5) is 17.7. The maximum Gasteiger partial charge on any atom is 0.241 e. The van der Waals surface area contributed by atoms with E-state index in [9.17, 15) is 20.1 Å². The van der Waals surface area contributed by atoms with Crippen molar-refractivity contribution >= 4 is 5.91 Å². The molecule has 11 heteroatoms. The molecule has 5 atom stereocenters. The van der Waals surface area contributed by atoms with Gasteiger partial charge in [0.1, 0.15) is 17.6 Å². The zero-order valence-corrected chi connectivity index (χ0v) is 23.5. The lowest BCUT2D eigenvalue weighted by Gasteiger charge is -2.58. The molecule has 0 radical (unpaired) electrons. The summed E-state index contributed by atoms with van der Waals surface area (Å²) >= 11 is 0. The predicted octanol–water partition coefficient (Wildman–Crippen LogP) is 1.94. The molecule has 2 aromatic carbocycles. The van der Waals surface area contributed by atoms with Crippen LogP contribution in [0.5, 0.6) is 34.5 Å². The third-order valence-electron chi connectivity index (χ3n) is 8.71. The summed E-state index contributed by atoms with van der Waals surface area (Å²) in [6.45, 7) is 3.07. The van der Waals surface area contributed by atoms with Crippen molar-refractivity contribution in [3.63, 3.8) is 0 Å². The fourth-order valence-electron chi connectivity index (χ4n) is 7.11. The van der Waals surface area contributed by atoms with Crippen LogP contribution >= 0.6 is 0 Å². The molecule has 39 heavy (non-hydrogen) atoms. The lowest BCUT2D eigenvalue weighted by atomic mass is 9.72. The summed E-state index contributed by atoms with van der Waals surface area (Å²) in [5.74, 6) is 1.68. The average molecular weight is 545 g/mol. The normalized spacial score (nSPS) is 25.4. The number of phenols is 1. The number of amides is 1. The second-order valence-corrected chi connectivity index (χ2v) is 10.2. The van der Waals surface area contributed by atoms with Crippen LogP contribution in [0.15, 0.2) is 0 Å². The number of nitrogens with zero attached hydrogens (tertiary/aromatic N) is 2. The smallest absolute Gasteiger partial charge is 0.241 e. The summed E-state index contributed by atoms with van der Waals surface area (Å²) in [5.41, 5.74) is 3.18. The van der Waals surface area contributed by atoms with Crippen molar-refractivity contribution in [1.29, 1.82) is 0 Å². The number of fused-ring (bicyclic) bond motifs is 7. The molecule has 3 N–H and O–H groups in total. The summed E-state index contributed by atoms with van der Waals surface area (Å²) in [7, 11) is 9.41. The molecule has 3 aliphatic heterocycles. The first-order valence-corrected chi connectivity index (χ1v) is 12.8. The van der Waals surface area contributed by atoms with Gasteiger partial charge in [0.15, 0.2) is 23.0 Å². The first kappa shape index (κ1) is 27.2. The van der Waals surface area contributed by atoms with Crippen LogP contribution in [0.1, 0.15) is 51.6 Å². The Labute approximate surface area is 227 Å². The third-order valence-corrected chi connectivity index (χ3v) is 8.71. The number of aliphatic hydroxyl groups is 2.